The molecule has 2 amide bonds. The van der Waals surface area contributed by atoms with E-state index in [2.05, 4.69) is 20.4 Å². The van der Waals surface area contributed by atoms with Crippen molar-refractivity contribution in [3.05, 3.63) is 58.3 Å². The third-order valence-electron chi connectivity index (χ3n) is 5.46. The molecule has 0 saturated carbocycles. The summed E-state index contributed by atoms with van der Waals surface area (Å²) in [6, 6.07) is 9.45. The minimum Gasteiger partial charge on any atom is -0.343 e. The number of carbonyl (C=O) groups excluding carboxylic acids is 2. The van der Waals surface area contributed by atoms with Crippen LogP contribution >= 0.6 is 11.3 Å². The number of piperazine rings is 1. The molecule has 0 unspecified atom stereocenters. The maximum atomic E-state index is 12.5. The van der Waals surface area contributed by atoms with Gasteiger partial charge < -0.3 is 14.7 Å². The second-order valence-electron chi connectivity index (χ2n) is 7.63. The van der Waals surface area contributed by atoms with Crippen LogP contribution in [0.5, 0.6) is 0 Å². The predicted molar refractivity (Wildman–Crippen MR) is 118 cm³/mol. The molecule has 2 aromatic heterocycles. The third-order valence-corrected chi connectivity index (χ3v) is 6.33. The summed E-state index contributed by atoms with van der Waals surface area (Å²) in [4.78, 5) is 34.2. The van der Waals surface area contributed by atoms with Crippen LogP contribution in [0.1, 0.15) is 27.4 Å². The van der Waals surface area contributed by atoms with Gasteiger partial charge in [-0.05, 0) is 48.6 Å². The number of nitrogens with zero attached hydrogens (tertiary/aromatic N) is 4. The van der Waals surface area contributed by atoms with Gasteiger partial charge in [0.05, 0.1) is 18.0 Å². The minimum atomic E-state index is -0.229. The first-order chi connectivity index (χ1) is 15.0. The van der Waals surface area contributed by atoms with E-state index in [1.807, 2.05) is 43.5 Å². The molecule has 1 aliphatic heterocycles. The van der Waals surface area contributed by atoms with E-state index in [-0.39, 0.29) is 18.4 Å². The Morgan fingerprint density at radius 3 is 2.65 bits per heavy atom. The van der Waals surface area contributed by atoms with Gasteiger partial charge in [0.1, 0.15) is 0 Å². The third kappa shape index (κ3) is 5.18. The summed E-state index contributed by atoms with van der Waals surface area (Å²) in [5.41, 5.74) is 2.76. The standard InChI is InChI=1S/C22H25N5O3S/c1-15-5-6-17(12-16(15)2)22(29)23-13-20(28)27-9-7-26(8-10-27)14-19-24-21(25-30-19)18-4-3-11-31-18/h3-6,11-12H,7-10,13-14H2,1-2H3,(H,23,29). The minimum absolute atomic E-state index is 0.000406. The average Bonchev–Trinajstić information content (AvgIpc) is 3.46. The number of rotatable bonds is 6. The van der Waals surface area contributed by atoms with Gasteiger partial charge in [0.2, 0.25) is 17.6 Å². The molecule has 31 heavy (non-hydrogen) atoms. The molecule has 1 N–H and O–H groups in total. The van der Waals surface area contributed by atoms with E-state index in [0.29, 0.717) is 50.0 Å². The molecule has 9 heteroatoms. The molecule has 1 aromatic carbocycles. The lowest BCUT2D eigenvalue weighted by Gasteiger charge is -2.34. The van der Waals surface area contributed by atoms with Gasteiger partial charge in [-0.2, -0.15) is 4.98 Å². The molecule has 1 aliphatic rings. The van der Waals surface area contributed by atoms with Gasteiger partial charge in [-0.25, -0.2) is 0 Å². The summed E-state index contributed by atoms with van der Waals surface area (Å²) in [5, 5.41) is 8.75. The summed E-state index contributed by atoms with van der Waals surface area (Å²) in [6.45, 7) is 7.16. The molecule has 0 atom stereocenters. The number of thiophene rings is 1. The summed E-state index contributed by atoms with van der Waals surface area (Å²) in [6.07, 6.45) is 0. The van der Waals surface area contributed by atoms with Crippen molar-refractivity contribution in [2.45, 2.75) is 20.4 Å². The van der Waals surface area contributed by atoms with Crippen LogP contribution in [-0.4, -0.2) is 64.5 Å². The molecule has 0 bridgehead atoms. The van der Waals surface area contributed by atoms with E-state index in [9.17, 15) is 9.59 Å². The van der Waals surface area contributed by atoms with Gasteiger partial charge in [0, 0.05) is 31.7 Å². The van der Waals surface area contributed by atoms with E-state index in [1.54, 1.807) is 22.3 Å². The van der Waals surface area contributed by atoms with E-state index in [1.165, 1.54) is 0 Å². The zero-order valence-corrected chi connectivity index (χ0v) is 18.4. The fraction of sp³-hybridized carbons (Fsp3) is 0.364. The molecule has 0 radical (unpaired) electrons. The Kier molecular flexibility index (Phi) is 6.43. The van der Waals surface area contributed by atoms with E-state index < -0.39 is 0 Å². The van der Waals surface area contributed by atoms with Crippen molar-refractivity contribution in [2.24, 2.45) is 0 Å². The Balaban J connectivity index is 1.22. The number of nitrogens with one attached hydrogen (secondary N) is 1. The normalized spacial score (nSPS) is 14.6. The average molecular weight is 440 g/mol. The molecular weight excluding hydrogens is 414 g/mol. The first-order valence-corrected chi connectivity index (χ1v) is 11.1. The van der Waals surface area contributed by atoms with Crippen molar-refractivity contribution in [3.8, 4) is 10.7 Å². The summed E-state index contributed by atoms with van der Waals surface area (Å²) >= 11 is 1.57. The molecule has 0 aliphatic carbocycles. The Morgan fingerprint density at radius 1 is 1.13 bits per heavy atom. The van der Waals surface area contributed by atoms with E-state index in [0.717, 1.165) is 16.0 Å². The molecule has 0 spiro atoms. The van der Waals surface area contributed by atoms with Crippen LogP contribution in [0, 0.1) is 13.8 Å². The summed E-state index contributed by atoms with van der Waals surface area (Å²) < 4.78 is 5.36. The molecule has 3 aromatic rings. The van der Waals surface area contributed by atoms with Crippen molar-refractivity contribution in [3.63, 3.8) is 0 Å². The smallest absolute Gasteiger partial charge is 0.251 e. The number of hydrogen-bond donors (Lipinski definition) is 1. The van der Waals surface area contributed by atoms with Crippen molar-refractivity contribution in [1.29, 1.82) is 0 Å². The second kappa shape index (κ2) is 9.40. The highest BCUT2D eigenvalue weighted by molar-refractivity contribution is 7.13. The maximum Gasteiger partial charge on any atom is 0.251 e. The molecule has 1 saturated heterocycles. The monoisotopic (exact) mass is 439 g/mol. The molecular formula is C22H25N5O3S. The van der Waals surface area contributed by atoms with Crippen molar-refractivity contribution in [2.75, 3.05) is 32.7 Å². The lowest BCUT2D eigenvalue weighted by molar-refractivity contribution is -0.131. The van der Waals surface area contributed by atoms with Crippen LogP contribution in [0.2, 0.25) is 0 Å². The van der Waals surface area contributed by atoms with Gasteiger partial charge in [0.15, 0.2) is 0 Å². The van der Waals surface area contributed by atoms with Crippen molar-refractivity contribution >= 4 is 23.2 Å². The van der Waals surface area contributed by atoms with Crippen LogP contribution < -0.4 is 5.32 Å². The van der Waals surface area contributed by atoms with Crippen molar-refractivity contribution < 1.29 is 14.1 Å². The zero-order chi connectivity index (χ0) is 21.8. The first kappa shape index (κ1) is 21.2. The van der Waals surface area contributed by atoms with Gasteiger partial charge >= 0.3 is 0 Å². The highest BCUT2D eigenvalue weighted by Crippen LogP contribution is 2.21. The van der Waals surface area contributed by atoms with Crippen LogP contribution in [0.3, 0.4) is 0 Å². The molecule has 4 rings (SSSR count). The SMILES string of the molecule is Cc1ccc(C(=O)NCC(=O)N2CCN(Cc3nc(-c4cccs4)no3)CC2)cc1C. The van der Waals surface area contributed by atoms with Crippen LogP contribution in [-0.2, 0) is 11.3 Å². The Morgan fingerprint density at radius 2 is 1.94 bits per heavy atom. The number of aryl methyl sites for hydroxylation is 2. The summed E-state index contributed by atoms with van der Waals surface area (Å²) in [5.74, 6) is 0.879. The number of amides is 2. The Labute approximate surface area is 184 Å². The topological polar surface area (TPSA) is 91.6 Å². The Hall–Kier alpha value is -3.04. The number of aromatic nitrogens is 2. The second-order valence-corrected chi connectivity index (χ2v) is 8.58. The van der Waals surface area contributed by atoms with E-state index in [4.69, 9.17) is 4.52 Å². The van der Waals surface area contributed by atoms with Gasteiger partial charge in [-0.3, -0.25) is 14.5 Å². The molecule has 3 heterocycles. The Bertz CT molecular complexity index is 1060. The maximum absolute atomic E-state index is 12.5. The van der Waals surface area contributed by atoms with Gasteiger partial charge in [0.25, 0.3) is 5.91 Å². The fourth-order valence-electron chi connectivity index (χ4n) is 3.42. The molecule has 8 nitrogen and oxygen atoms in total. The van der Waals surface area contributed by atoms with Crippen LogP contribution in [0.4, 0.5) is 0 Å². The largest absolute Gasteiger partial charge is 0.343 e. The van der Waals surface area contributed by atoms with Crippen LogP contribution in [0.15, 0.2) is 40.2 Å². The number of benzene rings is 1. The van der Waals surface area contributed by atoms with Gasteiger partial charge in [-0.15, -0.1) is 11.3 Å². The number of carbonyl (C=O) groups is 2. The highest BCUT2D eigenvalue weighted by Gasteiger charge is 2.23. The fourth-order valence-corrected chi connectivity index (χ4v) is 4.07. The quantitative estimate of drug-likeness (QED) is 0.635. The zero-order valence-electron chi connectivity index (χ0n) is 17.6. The predicted octanol–water partition coefficient (Wildman–Crippen LogP) is 2.49. The highest BCUT2D eigenvalue weighted by atomic mass is 32.1. The lowest BCUT2D eigenvalue weighted by atomic mass is 10.1. The van der Waals surface area contributed by atoms with Crippen LogP contribution in [0.25, 0.3) is 10.7 Å². The number of hydrogen-bond acceptors (Lipinski definition) is 7. The molecule has 162 valence electrons. The van der Waals surface area contributed by atoms with E-state index >= 15 is 0 Å². The lowest BCUT2D eigenvalue weighted by Crippen LogP contribution is -2.50. The summed E-state index contributed by atoms with van der Waals surface area (Å²) in [7, 11) is 0. The van der Waals surface area contributed by atoms with Crippen molar-refractivity contribution in [1.82, 2.24) is 25.3 Å². The first-order valence-electron chi connectivity index (χ1n) is 10.2. The molecule has 1 fully saturated rings. The van der Waals surface area contributed by atoms with Gasteiger partial charge in [-0.1, -0.05) is 17.3 Å².